The Kier molecular flexibility index (Phi) is 1.78. The molecule has 0 aliphatic heterocycles. The monoisotopic (exact) mass is 151 g/mol. The van der Waals surface area contributed by atoms with Crippen molar-refractivity contribution in [3.8, 4) is 6.07 Å². The van der Waals surface area contributed by atoms with E-state index in [4.69, 9.17) is 17.5 Å². The van der Waals surface area contributed by atoms with E-state index < -0.39 is 0 Å². The highest BCUT2D eigenvalue weighted by Crippen LogP contribution is 1.94. The lowest BCUT2D eigenvalue weighted by Crippen LogP contribution is -1.89. The SMILES string of the molecule is Cc1nc(C#N)c[nH]c1=S. The summed E-state index contributed by atoms with van der Waals surface area (Å²) in [4.78, 5) is 6.64. The third-order valence-corrected chi connectivity index (χ3v) is 1.48. The van der Waals surface area contributed by atoms with Crippen LogP contribution in [0.5, 0.6) is 0 Å². The first-order valence-corrected chi connectivity index (χ1v) is 3.11. The van der Waals surface area contributed by atoms with Crippen LogP contribution in [0.15, 0.2) is 6.20 Å². The maximum Gasteiger partial charge on any atom is 0.156 e. The number of aryl methyl sites for hydroxylation is 1. The standard InChI is InChI=1S/C6H5N3S/c1-4-6(10)8-3-5(2-7)9-4/h3H,1H3,(H,8,10). The van der Waals surface area contributed by atoms with Gasteiger partial charge in [-0.3, -0.25) is 0 Å². The van der Waals surface area contributed by atoms with Crippen molar-refractivity contribution in [2.24, 2.45) is 0 Å². The highest BCUT2D eigenvalue weighted by atomic mass is 32.1. The summed E-state index contributed by atoms with van der Waals surface area (Å²) in [6, 6.07) is 1.91. The normalized spacial score (nSPS) is 8.80. The summed E-state index contributed by atoms with van der Waals surface area (Å²) < 4.78 is 0.582. The van der Waals surface area contributed by atoms with E-state index in [2.05, 4.69) is 9.97 Å². The van der Waals surface area contributed by atoms with E-state index in [0.717, 1.165) is 0 Å². The minimum Gasteiger partial charge on any atom is -0.349 e. The summed E-state index contributed by atoms with van der Waals surface area (Å²) in [5.41, 5.74) is 1.06. The second-order valence-electron chi connectivity index (χ2n) is 1.81. The van der Waals surface area contributed by atoms with E-state index in [1.807, 2.05) is 6.07 Å². The van der Waals surface area contributed by atoms with Gasteiger partial charge in [0.05, 0.1) is 5.69 Å². The van der Waals surface area contributed by atoms with Crippen molar-refractivity contribution < 1.29 is 0 Å². The quantitative estimate of drug-likeness (QED) is 0.569. The highest BCUT2D eigenvalue weighted by molar-refractivity contribution is 7.71. The molecule has 0 radical (unpaired) electrons. The number of nitriles is 1. The number of aromatic amines is 1. The van der Waals surface area contributed by atoms with Gasteiger partial charge in [-0.1, -0.05) is 12.2 Å². The molecule has 3 nitrogen and oxygen atoms in total. The summed E-state index contributed by atoms with van der Waals surface area (Å²) in [6.07, 6.45) is 1.50. The van der Waals surface area contributed by atoms with E-state index in [1.165, 1.54) is 6.20 Å². The van der Waals surface area contributed by atoms with Crippen LogP contribution in [0.1, 0.15) is 11.4 Å². The molecular formula is C6H5N3S. The fraction of sp³-hybridized carbons (Fsp3) is 0.167. The molecule has 0 fully saturated rings. The van der Waals surface area contributed by atoms with Crippen molar-refractivity contribution in [3.05, 3.63) is 22.2 Å². The Morgan fingerprint density at radius 2 is 2.50 bits per heavy atom. The number of hydrogen-bond donors (Lipinski definition) is 1. The third-order valence-electron chi connectivity index (χ3n) is 1.07. The van der Waals surface area contributed by atoms with Crippen LogP contribution in [0.2, 0.25) is 0 Å². The van der Waals surface area contributed by atoms with Crippen LogP contribution in [0.25, 0.3) is 0 Å². The molecule has 0 aliphatic rings. The highest BCUT2D eigenvalue weighted by Gasteiger charge is 1.92. The average molecular weight is 151 g/mol. The lowest BCUT2D eigenvalue weighted by molar-refractivity contribution is 1.07. The van der Waals surface area contributed by atoms with E-state index in [0.29, 0.717) is 16.0 Å². The number of nitrogens with zero attached hydrogens (tertiary/aromatic N) is 2. The van der Waals surface area contributed by atoms with Crippen LogP contribution >= 0.6 is 12.2 Å². The first-order valence-electron chi connectivity index (χ1n) is 2.70. The van der Waals surface area contributed by atoms with Crippen LogP contribution in [0.4, 0.5) is 0 Å². The van der Waals surface area contributed by atoms with Gasteiger partial charge in [0.1, 0.15) is 10.7 Å². The summed E-state index contributed by atoms with van der Waals surface area (Å²) in [5.74, 6) is 0. The molecule has 0 unspecified atom stereocenters. The first kappa shape index (κ1) is 6.90. The molecule has 1 aromatic heterocycles. The maximum absolute atomic E-state index is 8.39. The molecule has 4 heteroatoms. The van der Waals surface area contributed by atoms with Gasteiger partial charge in [0.15, 0.2) is 5.69 Å². The lowest BCUT2D eigenvalue weighted by Gasteiger charge is -1.90. The van der Waals surface area contributed by atoms with Gasteiger partial charge in [0, 0.05) is 6.20 Å². The Balaban J connectivity index is 3.34. The molecular weight excluding hydrogens is 146 g/mol. The molecule has 0 amide bonds. The summed E-state index contributed by atoms with van der Waals surface area (Å²) in [6.45, 7) is 1.76. The first-order chi connectivity index (χ1) is 4.74. The molecule has 0 saturated carbocycles. The molecule has 0 spiro atoms. The molecule has 0 atom stereocenters. The summed E-state index contributed by atoms with van der Waals surface area (Å²) >= 11 is 4.83. The van der Waals surface area contributed by atoms with E-state index in [-0.39, 0.29) is 0 Å². The van der Waals surface area contributed by atoms with E-state index >= 15 is 0 Å². The van der Waals surface area contributed by atoms with E-state index in [9.17, 15) is 0 Å². The molecule has 10 heavy (non-hydrogen) atoms. The van der Waals surface area contributed by atoms with Crippen molar-refractivity contribution in [2.45, 2.75) is 6.92 Å². The number of H-pyrrole nitrogens is 1. The zero-order valence-electron chi connectivity index (χ0n) is 5.38. The van der Waals surface area contributed by atoms with Gasteiger partial charge >= 0.3 is 0 Å². The van der Waals surface area contributed by atoms with Crippen LogP contribution < -0.4 is 0 Å². The summed E-state index contributed by atoms with van der Waals surface area (Å²) in [5, 5.41) is 8.39. The molecule has 0 bridgehead atoms. The van der Waals surface area contributed by atoms with Crippen molar-refractivity contribution in [2.75, 3.05) is 0 Å². The largest absolute Gasteiger partial charge is 0.349 e. The Hall–Kier alpha value is -1.21. The zero-order valence-corrected chi connectivity index (χ0v) is 6.20. The average Bonchev–Trinajstić information content (AvgIpc) is 1.95. The minimum absolute atomic E-state index is 0.367. The van der Waals surface area contributed by atoms with Crippen molar-refractivity contribution in [1.82, 2.24) is 9.97 Å². The Bertz CT molecular complexity index is 334. The second kappa shape index (κ2) is 2.58. The molecule has 0 aromatic carbocycles. The number of rotatable bonds is 0. The van der Waals surface area contributed by atoms with Gasteiger partial charge in [0.2, 0.25) is 0 Å². The van der Waals surface area contributed by atoms with Crippen molar-refractivity contribution in [1.29, 1.82) is 5.26 Å². The second-order valence-corrected chi connectivity index (χ2v) is 2.22. The zero-order chi connectivity index (χ0) is 7.56. The molecule has 1 rings (SSSR count). The molecule has 1 N–H and O–H groups in total. The number of aromatic nitrogens is 2. The third kappa shape index (κ3) is 1.20. The van der Waals surface area contributed by atoms with Gasteiger partial charge in [0.25, 0.3) is 0 Å². The fourth-order valence-electron chi connectivity index (χ4n) is 0.559. The van der Waals surface area contributed by atoms with E-state index in [1.54, 1.807) is 6.92 Å². The van der Waals surface area contributed by atoms with Crippen molar-refractivity contribution >= 4 is 12.2 Å². The number of hydrogen-bond acceptors (Lipinski definition) is 3. The van der Waals surface area contributed by atoms with Crippen LogP contribution in [-0.4, -0.2) is 9.97 Å². The molecule has 0 aliphatic carbocycles. The maximum atomic E-state index is 8.39. The number of nitrogens with one attached hydrogen (secondary N) is 1. The molecule has 1 aromatic rings. The Labute approximate surface area is 63.4 Å². The smallest absolute Gasteiger partial charge is 0.156 e. The van der Waals surface area contributed by atoms with Gasteiger partial charge < -0.3 is 4.98 Å². The fourth-order valence-corrected chi connectivity index (χ4v) is 0.664. The predicted octanol–water partition coefficient (Wildman–Crippen LogP) is 1.32. The van der Waals surface area contributed by atoms with Gasteiger partial charge in [-0.05, 0) is 6.92 Å². The van der Waals surface area contributed by atoms with Crippen LogP contribution in [0, 0.1) is 22.9 Å². The van der Waals surface area contributed by atoms with Gasteiger partial charge in [-0.2, -0.15) is 5.26 Å². The van der Waals surface area contributed by atoms with Crippen molar-refractivity contribution in [3.63, 3.8) is 0 Å². The van der Waals surface area contributed by atoms with Gasteiger partial charge in [-0.15, -0.1) is 0 Å². The molecule has 0 saturated heterocycles. The van der Waals surface area contributed by atoms with Crippen LogP contribution in [-0.2, 0) is 0 Å². The minimum atomic E-state index is 0.367. The lowest BCUT2D eigenvalue weighted by atomic mass is 10.4. The molecule has 1 heterocycles. The van der Waals surface area contributed by atoms with Crippen LogP contribution in [0.3, 0.4) is 0 Å². The molecule has 50 valence electrons. The van der Waals surface area contributed by atoms with Gasteiger partial charge in [-0.25, -0.2) is 4.98 Å². The Morgan fingerprint density at radius 3 is 3.00 bits per heavy atom. The topological polar surface area (TPSA) is 52.5 Å². The summed E-state index contributed by atoms with van der Waals surface area (Å²) in [7, 11) is 0. The Morgan fingerprint density at radius 1 is 1.80 bits per heavy atom. The predicted molar refractivity (Wildman–Crippen MR) is 38.9 cm³/mol.